The predicted octanol–water partition coefficient (Wildman–Crippen LogP) is 7.38. The first-order valence-corrected chi connectivity index (χ1v) is 12.4. The van der Waals surface area contributed by atoms with Crippen LogP contribution < -0.4 is 0 Å². The zero-order valence-electron chi connectivity index (χ0n) is 19.6. The van der Waals surface area contributed by atoms with Gasteiger partial charge in [0.1, 0.15) is 0 Å². The Bertz CT molecular complexity index is 379. The van der Waals surface area contributed by atoms with Crippen molar-refractivity contribution >= 4 is 11.9 Å². The first-order chi connectivity index (χ1) is 14.1. The third-order valence-corrected chi connectivity index (χ3v) is 5.21. The average Bonchev–Trinajstić information content (AvgIpc) is 2.69. The molecule has 0 rings (SSSR count). The summed E-state index contributed by atoms with van der Waals surface area (Å²) in [4.78, 5) is 23.4. The summed E-state index contributed by atoms with van der Waals surface area (Å²) in [5.74, 6) is 0.498. The van der Waals surface area contributed by atoms with E-state index in [9.17, 15) is 9.59 Å². The van der Waals surface area contributed by atoms with Gasteiger partial charge in [0.2, 0.25) is 0 Å². The van der Waals surface area contributed by atoms with E-state index >= 15 is 0 Å². The maximum atomic E-state index is 11.7. The molecule has 4 heteroatoms. The number of carbonyl (C=O) groups excluding carboxylic acids is 2. The largest absolute Gasteiger partial charge is 0.466 e. The Morgan fingerprint density at radius 3 is 1.45 bits per heavy atom. The van der Waals surface area contributed by atoms with Gasteiger partial charge in [-0.1, -0.05) is 91.4 Å². The summed E-state index contributed by atoms with van der Waals surface area (Å²) in [5, 5.41) is 0. The molecule has 0 saturated carbocycles. The number of ether oxygens (including phenoxy) is 2. The van der Waals surface area contributed by atoms with Gasteiger partial charge in [0.25, 0.3) is 0 Å². The summed E-state index contributed by atoms with van der Waals surface area (Å²) in [7, 11) is 0. The van der Waals surface area contributed by atoms with Crippen LogP contribution in [0.15, 0.2) is 0 Å². The first-order valence-electron chi connectivity index (χ1n) is 12.4. The maximum absolute atomic E-state index is 11.7. The number of hydrogen-bond donors (Lipinski definition) is 0. The van der Waals surface area contributed by atoms with Crippen LogP contribution in [0, 0.1) is 5.92 Å². The molecule has 0 radical (unpaired) electrons. The average molecular weight is 413 g/mol. The van der Waals surface area contributed by atoms with Crippen molar-refractivity contribution in [2.45, 2.75) is 130 Å². The summed E-state index contributed by atoms with van der Waals surface area (Å²) < 4.78 is 10.5. The molecular formula is C25H48O4. The van der Waals surface area contributed by atoms with E-state index < -0.39 is 0 Å². The molecule has 0 fully saturated rings. The van der Waals surface area contributed by atoms with Gasteiger partial charge in [-0.25, -0.2) is 0 Å². The van der Waals surface area contributed by atoms with Crippen LogP contribution >= 0.6 is 0 Å². The van der Waals surface area contributed by atoms with E-state index in [4.69, 9.17) is 9.47 Å². The van der Waals surface area contributed by atoms with Crippen LogP contribution in [0.5, 0.6) is 0 Å². The number of hydrogen-bond acceptors (Lipinski definition) is 4. The second-order valence-electron chi connectivity index (χ2n) is 8.72. The van der Waals surface area contributed by atoms with Crippen molar-refractivity contribution < 1.29 is 19.1 Å². The molecule has 0 aliphatic heterocycles. The highest BCUT2D eigenvalue weighted by atomic mass is 16.5. The van der Waals surface area contributed by atoms with Crippen molar-refractivity contribution in [2.75, 3.05) is 13.2 Å². The molecule has 0 spiro atoms. The van der Waals surface area contributed by atoms with Crippen LogP contribution in [-0.2, 0) is 19.1 Å². The zero-order chi connectivity index (χ0) is 21.6. The van der Waals surface area contributed by atoms with Gasteiger partial charge < -0.3 is 9.47 Å². The topological polar surface area (TPSA) is 52.6 Å². The molecule has 0 heterocycles. The van der Waals surface area contributed by atoms with Crippen molar-refractivity contribution in [3.05, 3.63) is 0 Å². The highest BCUT2D eigenvalue weighted by molar-refractivity contribution is 5.70. The monoisotopic (exact) mass is 412 g/mol. The smallest absolute Gasteiger partial charge is 0.305 e. The molecule has 4 nitrogen and oxygen atoms in total. The molecule has 172 valence electrons. The number of unbranched alkanes of at least 4 members (excludes halogenated alkanes) is 11. The standard InChI is InChI=1S/C25H48O4/c1-4-5-6-7-8-9-11-16-21-28-24(26)19-14-15-20-25(27)29-22-17-12-10-13-18-23(2)3/h23H,4-22H2,1-3H3. The van der Waals surface area contributed by atoms with Crippen molar-refractivity contribution in [3.63, 3.8) is 0 Å². The van der Waals surface area contributed by atoms with E-state index in [-0.39, 0.29) is 11.9 Å². The van der Waals surface area contributed by atoms with Gasteiger partial charge in [-0.3, -0.25) is 9.59 Å². The van der Waals surface area contributed by atoms with Crippen LogP contribution in [0.1, 0.15) is 130 Å². The highest BCUT2D eigenvalue weighted by Gasteiger charge is 2.06. The fourth-order valence-electron chi connectivity index (χ4n) is 3.30. The van der Waals surface area contributed by atoms with E-state index in [1.165, 1.54) is 57.8 Å². The van der Waals surface area contributed by atoms with E-state index in [2.05, 4.69) is 20.8 Å². The Morgan fingerprint density at radius 1 is 0.586 bits per heavy atom. The Labute approximate surface area is 180 Å². The van der Waals surface area contributed by atoms with E-state index in [1.54, 1.807) is 0 Å². The Balaban J connectivity index is 3.32. The predicted molar refractivity (Wildman–Crippen MR) is 121 cm³/mol. The summed E-state index contributed by atoms with van der Waals surface area (Å²) in [6.45, 7) is 7.79. The maximum Gasteiger partial charge on any atom is 0.305 e. The molecule has 0 amide bonds. The van der Waals surface area contributed by atoms with Gasteiger partial charge >= 0.3 is 11.9 Å². The molecule has 0 N–H and O–H groups in total. The SMILES string of the molecule is CCCCCCCCCCOC(=O)CCCCC(=O)OCCCCCCC(C)C. The van der Waals surface area contributed by atoms with E-state index in [0.29, 0.717) is 38.9 Å². The molecule has 0 unspecified atom stereocenters. The van der Waals surface area contributed by atoms with Gasteiger partial charge in [-0.2, -0.15) is 0 Å². The van der Waals surface area contributed by atoms with Gasteiger partial charge in [-0.05, 0) is 31.6 Å². The lowest BCUT2D eigenvalue weighted by atomic mass is 10.0. The van der Waals surface area contributed by atoms with Crippen LogP contribution in [0.2, 0.25) is 0 Å². The molecule has 0 bridgehead atoms. The van der Waals surface area contributed by atoms with E-state index in [0.717, 1.165) is 31.6 Å². The lowest BCUT2D eigenvalue weighted by Gasteiger charge is -2.07. The lowest BCUT2D eigenvalue weighted by Crippen LogP contribution is -2.08. The zero-order valence-corrected chi connectivity index (χ0v) is 19.6. The van der Waals surface area contributed by atoms with Crippen LogP contribution in [0.4, 0.5) is 0 Å². The van der Waals surface area contributed by atoms with Gasteiger partial charge in [0.15, 0.2) is 0 Å². The third-order valence-electron chi connectivity index (χ3n) is 5.21. The number of rotatable bonds is 21. The summed E-state index contributed by atoms with van der Waals surface area (Å²) in [6, 6.07) is 0. The normalized spacial score (nSPS) is 11.0. The molecule has 0 atom stereocenters. The second kappa shape index (κ2) is 21.6. The lowest BCUT2D eigenvalue weighted by molar-refractivity contribution is -0.146. The van der Waals surface area contributed by atoms with Crippen LogP contribution in [0.3, 0.4) is 0 Å². The summed E-state index contributed by atoms with van der Waals surface area (Å²) in [5.41, 5.74) is 0. The summed E-state index contributed by atoms with van der Waals surface area (Å²) in [6.07, 6.45) is 18.0. The second-order valence-corrected chi connectivity index (χ2v) is 8.72. The molecule has 0 aromatic rings. The Morgan fingerprint density at radius 2 is 1.00 bits per heavy atom. The molecule has 0 aromatic heterocycles. The summed E-state index contributed by atoms with van der Waals surface area (Å²) >= 11 is 0. The highest BCUT2D eigenvalue weighted by Crippen LogP contribution is 2.10. The third kappa shape index (κ3) is 23.1. The van der Waals surface area contributed by atoms with Crippen molar-refractivity contribution in [2.24, 2.45) is 5.92 Å². The van der Waals surface area contributed by atoms with Crippen molar-refractivity contribution in [1.82, 2.24) is 0 Å². The van der Waals surface area contributed by atoms with Gasteiger partial charge in [-0.15, -0.1) is 0 Å². The van der Waals surface area contributed by atoms with Gasteiger partial charge in [0, 0.05) is 12.8 Å². The quantitative estimate of drug-likeness (QED) is 0.146. The Hall–Kier alpha value is -1.06. The van der Waals surface area contributed by atoms with Crippen LogP contribution in [-0.4, -0.2) is 25.2 Å². The fourth-order valence-corrected chi connectivity index (χ4v) is 3.30. The minimum Gasteiger partial charge on any atom is -0.466 e. The van der Waals surface area contributed by atoms with Crippen molar-refractivity contribution in [3.8, 4) is 0 Å². The number of carbonyl (C=O) groups is 2. The van der Waals surface area contributed by atoms with Crippen molar-refractivity contribution in [1.29, 1.82) is 0 Å². The number of esters is 2. The molecular weight excluding hydrogens is 364 g/mol. The molecule has 0 aliphatic rings. The first kappa shape index (κ1) is 27.9. The molecule has 0 saturated heterocycles. The molecule has 0 aromatic carbocycles. The fraction of sp³-hybridized carbons (Fsp3) is 0.920. The molecule has 29 heavy (non-hydrogen) atoms. The minimum absolute atomic E-state index is 0.136. The van der Waals surface area contributed by atoms with Crippen LogP contribution in [0.25, 0.3) is 0 Å². The Kier molecular flexibility index (Phi) is 20.9. The van der Waals surface area contributed by atoms with E-state index in [1.807, 2.05) is 0 Å². The molecule has 0 aliphatic carbocycles. The van der Waals surface area contributed by atoms with Gasteiger partial charge in [0.05, 0.1) is 13.2 Å². The minimum atomic E-state index is -0.139.